The quantitative estimate of drug-likeness (QED) is 0.809. The molecule has 2 rings (SSSR count). The Hall–Kier alpha value is -1.59. The van der Waals surface area contributed by atoms with Crippen molar-refractivity contribution < 1.29 is 4.74 Å². The fraction of sp³-hybridized carbons (Fsp3) is 0.333. The maximum Gasteiger partial charge on any atom is 0.119 e. The Morgan fingerprint density at radius 2 is 2.22 bits per heavy atom. The van der Waals surface area contributed by atoms with Gasteiger partial charge in [0.25, 0.3) is 0 Å². The predicted molar refractivity (Wildman–Crippen MR) is 71.7 cm³/mol. The molecule has 98 valence electrons. The molecule has 0 fully saturated rings. The van der Waals surface area contributed by atoms with Crippen LogP contribution in [-0.2, 0) is 13.1 Å². The van der Waals surface area contributed by atoms with E-state index in [1.54, 1.807) is 10.9 Å². The minimum absolute atomic E-state index is 0. The highest BCUT2D eigenvalue weighted by Crippen LogP contribution is 2.12. The molecule has 18 heavy (non-hydrogen) atoms. The van der Waals surface area contributed by atoms with Gasteiger partial charge in [-0.15, -0.1) is 17.5 Å². The Bertz CT molecular complexity index is 447. The Labute approximate surface area is 112 Å². The number of aryl methyl sites for hydroxylation is 1. The zero-order valence-corrected chi connectivity index (χ0v) is 10.8. The average Bonchev–Trinajstić information content (AvgIpc) is 2.88. The van der Waals surface area contributed by atoms with E-state index in [9.17, 15) is 0 Å². The highest BCUT2D eigenvalue weighted by Gasteiger charge is 1.96. The molecular formula is C12H17ClN4O. The van der Waals surface area contributed by atoms with Crippen molar-refractivity contribution in [1.82, 2.24) is 15.0 Å². The largest absolute Gasteiger partial charge is 0.494 e. The third-order valence-electron chi connectivity index (χ3n) is 2.41. The molecule has 0 amide bonds. The summed E-state index contributed by atoms with van der Waals surface area (Å²) in [5, 5.41) is 7.62. The van der Waals surface area contributed by atoms with Crippen molar-refractivity contribution in [3.8, 4) is 5.75 Å². The van der Waals surface area contributed by atoms with Gasteiger partial charge < -0.3 is 10.5 Å². The van der Waals surface area contributed by atoms with E-state index in [2.05, 4.69) is 10.3 Å². The first-order valence-electron chi connectivity index (χ1n) is 5.64. The summed E-state index contributed by atoms with van der Waals surface area (Å²) in [6.45, 7) is 2.01. The minimum atomic E-state index is 0. The normalized spacial score (nSPS) is 9.83. The Balaban J connectivity index is 0.00000162. The fourth-order valence-electron chi connectivity index (χ4n) is 1.53. The molecule has 0 unspecified atom stereocenters. The van der Waals surface area contributed by atoms with E-state index in [1.165, 1.54) is 0 Å². The maximum atomic E-state index is 5.63. The van der Waals surface area contributed by atoms with E-state index in [-0.39, 0.29) is 12.4 Å². The van der Waals surface area contributed by atoms with E-state index in [0.29, 0.717) is 13.2 Å². The zero-order valence-electron chi connectivity index (χ0n) is 10.0. The molecule has 0 saturated heterocycles. The van der Waals surface area contributed by atoms with Crippen LogP contribution in [0.1, 0.15) is 12.0 Å². The van der Waals surface area contributed by atoms with Crippen LogP contribution in [0.2, 0.25) is 0 Å². The van der Waals surface area contributed by atoms with Crippen LogP contribution in [0.4, 0.5) is 0 Å². The second kappa shape index (κ2) is 7.68. The summed E-state index contributed by atoms with van der Waals surface area (Å²) >= 11 is 0. The summed E-state index contributed by atoms with van der Waals surface area (Å²) < 4.78 is 7.42. The second-order valence-electron chi connectivity index (χ2n) is 3.72. The smallest absolute Gasteiger partial charge is 0.119 e. The van der Waals surface area contributed by atoms with Crippen molar-refractivity contribution in [3.63, 3.8) is 0 Å². The van der Waals surface area contributed by atoms with E-state index < -0.39 is 0 Å². The van der Waals surface area contributed by atoms with Gasteiger partial charge in [-0.2, -0.15) is 0 Å². The monoisotopic (exact) mass is 268 g/mol. The van der Waals surface area contributed by atoms with Crippen LogP contribution in [0, 0.1) is 0 Å². The molecule has 0 aliphatic heterocycles. The lowest BCUT2D eigenvalue weighted by Crippen LogP contribution is -2.05. The van der Waals surface area contributed by atoms with E-state index >= 15 is 0 Å². The average molecular weight is 269 g/mol. The molecule has 0 bridgehead atoms. The Morgan fingerprint density at radius 1 is 1.33 bits per heavy atom. The SMILES string of the molecule is Cl.NCc1cccc(OCCCn2ccnn2)c1. The lowest BCUT2D eigenvalue weighted by molar-refractivity contribution is 0.297. The summed E-state index contributed by atoms with van der Waals surface area (Å²) in [5.74, 6) is 0.867. The number of ether oxygens (including phenoxy) is 1. The van der Waals surface area contributed by atoms with Gasteiger partial charge in [0, 0.05) is 25.7 Å². The van der Waals surface area contributed by atoms with Crippen molar-refractivity contribution in [1.29, 1.82) is 0 Å². The number of nitrogens with zero attached hydrogens (tertiary/aromatic N) is 3. The molecule has 2 N–H and O–H groups in total. The molecule has 2 aromatic rings. The standard InChI is InChI=1S/C12H16N4O.ClH/c13-10-11-3-1-4-12(9-11)17-8-2-6-16-7-5-14-15-16;/h1,3-5,7,9H,2,6,8,10,13H2;1H. The molecular weight excluding hydrogens is 252 g/mol. The summed E-state index contributed by atoms with van der Waals surface area (Å²) in [7, 11) is 0. The van der Waals surface area contributed by atoms with E-state index in [0.717, 1.165) is 24.3 Å². The highest BCUT2D eigenvalue weighted by atomic mass is 35.5. The molecule has 1 aromatic carbocycles. The highest BCUT2D eigenvalue weighted by molar-refractivity contribution is 5.85. The third kappa shape index (κ3) is 4.35. The molecule has 0 aliphatic carbocycles. The number of nitrogens with two attached hydrogens (primary N) is 1. The summed E-state index contributed by atoms with van der Waals surface area (Å²) in [6.07, 6.45) is 4.41. The van der Waals surface area contributed by atoms with Crippen LogP contribution >= 0.6 is 12.4 Å². The molecule has 0 spiro atoms. The number of halogens is 1. The number of benzene rings is 1. The van der Waals surface area contributed by atoms with Crippen molar-refractivity contribution in [3.05, 3.63) is 42.2 Å². The number of aromatic nitrogens is 3. The molecule has 0 radical (unpaired) electrons. The third-order valence-corrected chi connectivity index (χ3v) is 2.41. The van der Waals surface area contributed by atoms with Gasteiger partial charge in [-0.1, -0.05) is 17.3 Å². The number of rotatable bonds is 6. The molecule has 6 heteroatoms. The lowest BCUT2D eigenvalue weighted by atomic mass is 10.2. The van der Waals surface area contributed by atoms with Crippen LogP contribution in [0.25, 0.3) is 0 Å². The lowest BCUT2D eigenvalue weighted by Gasteiger charge is -2.07. The number of hydrogen-bond donors (Lipinski definition) is 1. The summed E-state index contributed by atoms with van der Waals surface area (Å²) in [4.78, 5) is 0. The van der Waals surface area contributed by atoms with Crippen LogP contribution < -0.4 is 10.5 Å². The first-order valence-corrected chi connectivity index (χ1v) is 5.64. The summed E-state index contributed by atoms with van der Waals surface area (Å²) in [6, 6.07) is 7.85. The summed E-state index contributed by atoms with van der Waals surface area (Å²) in [5.41, 5.74) is 6.65. The molecule has 0 aliphatic rings. The molecule has 1 heterocycles. The van der Waals surface area contributed by atoms with Gasteiger partial charge in [-0.05, 0) is 17.7 Å². The Kier molecular flexibility index (Phi) is 6.18. The predicted octanol–water partition coefficient (Wildman–Crippen LogP) is 1.63. The van der Waals surface area contributed by atoms with Crippen LogP contribution in [-0.4, -0.2) is 21.6 Å². The van der Waals surface area contributed by atoms with Crippen LogP contribution in [0.5, 0.6) is 5.75 Å². The first kappa shape index (κ1) is 14.5. The maximum absolute atomic E-state index is 5.63. The molecule has 0 saturated carbocycles. The van der Waals surface area contributed by atoms with Gasteiger partial charge in [0.2, 0.25) is 0 Å². The van der Waals surface area contributed by atoms with Gasteiger partial charge in [0.1, 0.15) is 5.75 Å². The van der Waals surface area contributed by atoms with Gasteiger partial charge >= 0.3 is 0 Å². The van der Waals surface area contributed by atoms with Gasteiger partial charge in [-0.25, -0.2) is 0 Å². The van der Waals surface area contributed by atoms with Crippen molar-refractivity contribution in [2.75, 3.05) is 6.61 Å². The number of hydrogen-bond acceptors (Lipinski definition) is 4. The van der Waals surface area contributed by atoms with Crippen molar-refractivity contribution in [2.24, 2.45) is 5.73 Å². The van der Waals surface area contributed by atoms with Gasteiger partial charge in [0.05, 0.1) is 12.8 Å². The first-order chi connectivity index (χ1) is 8.38. The molecule has 5 nitrogen and oxygen atoms in total. The molecule has 1 aromatic heterocycles. The fourth-order valence-corrected chi connectivity index (χ4v) is 1.53. The van der Waals surface area contributed by atoms with E-state index in [4.69, 9.17) is 10.5 Å². The van der Waals surface area contributed by atoms with Gasteiger partial charge in [-0.3, -0.25) is 4.68 Å². The Morgan fingerprint density at radius 3 is 2.94 bits per heavy atom. The van der Waals surface area contributed by atoms with Crippen LogP contribution in [0.15, 0.2) is 36.7 Å². The second-order valence-corrected chi connectivity index (χ2v) is 3.72. The minimum Gasteiger partial charge on any atom is -0.494 e. The topological polar surface area (TPSA) is 66.0 Å². The van der Waals surface area contributed by atoms with Crippen molar-refractivity contribution in [2.45, 2.75) is 19.5 Å². The molecule has 0 atom stereocenters. The zero-order chi connectivity index (χ0) is 11.9. The van der Waals surface area contributed by atoms with E-state index in [1.807, 2.05) is 30.5 Å². The van der Waals surface area contributed by atoms with Gasteiger partial charge in [0.15, 0.2) is 0 Å². The van der Waals surface area contributed by atoms with Crippen LogP contribution in [0.3, 0.4) is 0 Å². The van der Waals surface area contributed by atoms with Crippen molar-refractivity contribution >= 4 is 12.4 Å².